The molecule has 1 aliphatic rings. The summed E-state index contributed by atoms with van der Waals surface area (Å²) in [4.78, 5) is 25.5. The molecular formula is C20H27N5O. The minimum absolute atomic E-state index is 0.110. The van der Waals surface area contributed by atoms with Crippen LogP contribution in [0.5, 0.6) is 0 Å². The van der Waals surface area contributed by atoms with Crippen LogP contribution in [0, 0.1) is 5.92 Å². The van der Waals surface area contributed by atoms with Gasteiger partial charge in [0.05, 0.1) is 6.04 Å². The summed E-state index contributed by atoms with van der Waals surface area (Å²) in [6.45, 7) is 2.53. The second-order valence-electron chi connectivity index (χ2n) is 7.14. The summed E-state index contributed by atoms with van der Waals surface area (Å²) in [5.41, 5.74) is 1.19. The van der Waals surface area contributed by atoms with Crippen LogP contribution in [0.3, 0.4) is 0 Å². The van der Waals surface area contributed by atoms with Crippen LogP contribution >= 0.6 is 0 Å². The van der Waals surface area contributed by atoms with E-state index in [9.17, 15) is 4.79 Å². The van der Waals surface area contributed by atoms with Gasteiger partial charge in [0.25, 0.3) is 0 Å². The molecule has 1 N–H and O–H groups in total. The highest BCUT2D eigenvalue weighted by molar-refractivity contribution is 5.76. The molecule has 6 nitrogen and oxygen atoms in total. The van der Waals surface area contributed by atoms with Gasteiger partial charge in [-0.3, -0.25) is 4.79 Å². The normalized spacial score (nSPS) is 19.7. The zero-order valence-corrected chi connectivity index (χ0v) is 15.5. The van der Waals surface area contributed by atoms with Crippen LogP contribution in [0.2, 0.25) is 0 Å². The third-order valence-electron chi connectivity index (χ3n) is 4.71. The summed E-state index contributed by atoms with van der Waals surface area (Å²) in [7, 11) is 4.13. The monoisotopic (exact) mass is 353 g/mol. The minimum atomic E-state index is 0.110. The van der Waals surface area contributed by atoms with Gasteiger partial charge in [0.15, 0.2) is 0 Å². The average molecular weight is 353 g/mol. The van der Waals surface area contributed by atoms with Crippen molar-refractivity contribution in [3.8, 4) is 0 Å². The highest BCUT2D eigenvalue weighted by atomic mass is 16.1. The number of rotatable bonds is 7. The number of benzene rings is 1. The Labute approximate surface area is 155 Å². The molecule has 1 fully saturated rings. The van der Waals surface area contributed by atoms with Crippen molar-refractivity contribution in [2.45, 2.75) is 18.9 Å². The number of anilines is 1. The Morgan fingerprint density at radius 3 is 2.58 bits per heavy atom. The number of aryl methyl sites for hydroxylation is 1. The molecular weight excluding hydrogens is 326 g/mol. The van der Waals surface area contributed by atoms with Gasteiger partial charge in [-0.1, -0.05) is 30.3 Å². The van der Waals surface area contributed by atoms with Gasteiger partial charge in [0, 0.05) is 44.4 Å². The molecule has 1 amide bonds. The molecule has 2 heterocycles. The zero-order valence-electron chi connectivity index (χ0n) is 15.5. The number of amides is 1. The van der Waals surface area contributed by atoms with E-state index in [2.05, 4.69) is 51.3 Å². The molecule has 1 saturated heterocycles. The van der Waals surface area contributed by atoms with Crippen LogP contribution in [0.15, 0.2) is 48.8 Å². The fourth-order valence-electron chi connectivity index (χ4n) is 3.49. The predicted molar refractivity (Wildman–Crippen MR) is 103 cm³/mol. The zero-order chi connectivity index (χ0) is 18.4. The van der Waals surface area contributed by atoms with Crippen LogP contribution in [0.4, 0.5) is 5.95 Å². The summed E-state index contributed by atoms with van der Waals surface area (Å²) in [6, 6.07) is 12.1. The standard InChI is InChI=1S/C20H27N5O/c1-24(2)13-17-14-25(20-21-11-6-12-22-20)15-18(17)23-19(26)10-9-16-7-4-3-5-8-16/h3-8,11-12,17-18H,9-10,13-15H2,1-2H3,(H,23,26)/t17-,18-/m1/s1. The van der Waals surface area contributed by atoms with Gasteiger partial charge in [-0.25, -0.2) is 9.97 Å². The predicted octanol–water partition coefficient (Wildman–Crippen LogP) is 1.59. The molecule has 2 aromatic rings. The number of carbonyl (C=O) groups excluding carboxylic acids is 1. The third kappa shape index (κ3) is 5.02. The third-order valence-corrected chi connectivity index (χ3v) is 4.71. The van der Waals surface area contributed by atoms with E-state index >= 15 is 0 Å². The number of aromatic nitrogens is 2. The summed E-state index contributed by atoms with van der Waals surface area (Å²) >= 11 is 0. The molecule has 0 saturated carbocycles. The van der Waals surface area contributed by atoms with E-state index in [1.165, 1.54) is 5.56 Å². The first-order chi connectivity index (χ1) is 12.6. The van der Waals surface area contributed by atoms with Gasteiger partial charge in [-0.05, 0) is 32.1 Å². The molecule has 1 aromatic heterocycles. The molecule has 1 aromatic carbocycles. The van der Waals surface area contributed by atoms with Gasteiger partial charge in [-0.2, -0.15) is 0 Å². The molecule has 0 aliphatic carbocycles. The Balaban J connectivity index is 1.59. The van der Waals surface area contributed by atoms with Crippen molar-refractivity contribution in [1.29, 1.82) is 0 Å². The van der Waals surface area contributed by atoms with Crippen LogP contribution in [-0.4, -0.2) is 60.5 Å². The largest absolute Gasteiger partial charge is 0.351 e. The molecule has 0 radical (unpaired) electrons. The van der Waals surface area contributed by atoms with Crippen molar-refractivity contribution in [1.82, 2.24) is 20.2 Å². The Hall–Kier alpha value is -2.47. The Morgan fingerprint density at radius 1 is 1.15 bits per heavy atom. The highest BCUT2D eigenvalue weighted by Crippen LogP contribution is 2.21. The lowest BCUT2D eigenvalue weighted by molar-refractivity contribution is -0.121. The van der Waals surface area contributed by atoms with E-state index in [1.54, 1.807) is 12.4 Å². The van der Waals surface area contributed by atoms with Gasteiger partial charge in [0.1, 0.15) is 0 Å². The number of nitrogens with one attached hydrogen (secondary N) is 1. The van der Waals surface area contributed by atoms with E-state index in [-0.39, 0.29) is 11.9 Å². The molecule has 0 bridgehead atoms. The topological polar surface area (TPSA) is 61.4 Å². The molecule has 2 atom stereocenters. The van der Waals surface area contributed by atoms with Crippen molar-refractivity contribution in [2.75, 3.05) is 38.6 Å². The molecule has 26 heavy (non-hydrogen) atoms. The van der Waals surface area contributed by atoms with Gasteiger partial charge in [-0.15, -0.1) is 0 Å². The quantitative estimate of drug-likeness (QED) is 0.819. The fourth-order valence-corrected chi connectivity index (χ4v) is 3.49. The number of nitrogens with zero attached hydrogens (tertiary/aromatic N) is 4. The molecule has 3 rings (SSSR count). The Morgan fingerprint density at radius 2 is 1.88 bits per heavy atom. The van der Waals surface area contributed by atoms with Crippen LogP contribution in [-0.2, 0) is 11.2 Å². The lowest BCUT2D eigenvalue weighted by Gasteiger charge is -2.22. The number of hydrogen-bond acceptors (Lipinski definition) is 5. The second kappa shape index (κ2) is 8.76. The summed E-state index contributed by atoms with van der Waals surface area (Å²) in [5, 5.41) is 3.24. The van der Waals surface area contributed by atoms with Crippen molar-refractivity contribution < 1.29 is 4.79 Å². The number of carbonyl (C=O) groups is 1. The maximum atomic E-state index is 12.5. The van der Waals surface area contributed by atoms with Crippen LogP contribution in [0.25, 0.3) is 0 Å². The Bertz CT molecular complexity index is 692. The lowest BCUT2D eigenvalue weighted by Crippen LogP contribution is -2.43. The Kier molecular flexibility index (Phi) is 6.17. The van der Waals surface area contributed by atoms with Crippen molar-refractivity contribution in [2.24, 2.45) is 5.92 Å². The maximum absolute atomic E-state index is 12.5. The molecule has 138 valence electrons. The lowest BCUT2D eigenvalue weighted by atomic mass is 10.0. The first-order valence-corrected chi connectivity index (χ1v) is 9.12. The van der Waals surface area contributed by atoms with Crippen molar-refractivity contribution in [3.05, 3.63) is 54.4 Å². The van der Waals surface area contributed by atoms with Crippen LogP contribution in [0.1, 0.15) is 12.0 Å². The first kappa shape index (κ1) is 18.3. The smallest absolute Gasteiger partial charge is 0.225 e. The fraction of sp³-hybridized carbons (Fsp3) is 0.450. The van der Waals surface area contributed by atoms with E-state index in [1.807, 2.05) is 24.3 Å². The maximum Gasteiger partial charge on any atom is 0.225 e. The second-order valence-corrected chi connectivity index (χ2v) is 7.14. The van der Waals surface area contributed by atoms with E-state index in [0.29, 0.717) is 12.3 Å². The van der Waals surface area contributed by atoms with Crippen molar-refractivity contribution >= 4 is 11.9 Å². The van der Waals surface area contributed by atoms with Gasteiger partial charge in [0.2, 0.25) is 11.9 Å². The van der Waals surface area contributed by atoms with Gasteiger partial charge < -0.3 is 15.1 Å². The van der Waals surface area contributed by atoms with Crippen LogP contribution < -0.4 is 10.2 Å². The molecule has 6 heteroatoms. The summed E-state index contributed by atoms with van der Waals surface area (Å²) < 4.78 is 0. The SMILES string of the molecule is CN(C)C[C@@H]1CN(c2ncccn2)C[C@H]1NC(=O)CCc1ccccc1. The molecule has 1 aliphatic heterocycles. The summed E-state index contributed by atoms with van der Waals surface area (Å²) in [6.07, 6.45) is 4.80. The van der Waals surface area contributed by atoms with E-state index in [0.717, 1.165) is 32.0 Å². The van der Waals surface area contributed by atoms with Crippen molar-refractivity contribution in [3.63, 3.8) is 0 Å². The summed E-state index contributed by atoms with van der Waals surface area (Å²) in [5.74, 6) is 1.20. The van der Waals surface area contributed by atoms with E-state index < -0.39 is 0 Å². The molecule has 0 unspecified atom stereocenters. The molecule has 0 spiro atoms. The highest BCUT2D eigenvalue weighted by Gasteiger charge is 2.35. The first-order valence-electron chi connectivity index (χ1n) is 9.12. The minimum Gasteiger partial charge on any atom is -0.351 e. The van der Waals surface area contributed by atoms with E-state index in [4.69, 9.17) is 0 Å². The number of hydrogen-bond donors (Lipinski definition) is 1. The average Bonchev–Trinajstić information content (AvgIpc) is 3.03. The van der Waals surface area contributed by atoms with Gasteiger partial charge >= 0.3 is 0 Å².